The second-order valence-electron chi connectivity index (χ2n) is 7.96. The fourth-order valence-electron chi connectivity index (χ4n) is 3.77. The number of nitrogens with one attached hydrogen (secondary N) is 2. The monoisotopic (exact) mass is 425 g/mol. The second-order valence-corrected chi connectivity index (χ2v) is 7.96. The Labute approximate surface area is 183 Å². The van der Waals surface area contributed by atoms with Crippen LogP contribution in [0.5, 0.6) is 11.5 Å². The van der Waals surface area contributed by atoms with Gasteiger partial charge in [0.1, 0.15) is 17.5 Å². The lowest BCUT2D eigenvalue weighted by Crippen LogP contribution is -2.47. The summed E-state index contributed by atoms with van der Waals surface area (Å²) in [6.45, 7) is 7.85. The fourth-order valence-corrected chi connectivity index (χ4v) is 3.77. The molecule has 0 aromatic heterocycles. The van der Waals surface area contributed by atoms with Gasteiger partial charge in [-0.25, -0.2) is 0 Å². The summed E-state index contributed by atoms with van der Waals surface area (Å²) in [5.41, 5.74) is 3.55. The number of carbonyl (C=O) groups excluding carboxylic acids is 2. The quantitative estimate of drug-likeness (QED) is 0.677. The van der Waals surface area contributed by atoms with Crippen molar-refractivity contribution in [1.82, 2.24) is 5.32 Å². The maximum absolute atomic E-state index is 13.0. The van der Waals surface area contributed by atoms with Gasteiger partial charge in [0.15, 0.2) is 0 Å². The van der Waals surface area contributed by atoms with Crippen LogP contribution in [0.1, 0.15) is 36.7 Å². The Kier molecular flexibility index (Phi) is 7.05. The first-order valence-electron chi connectivity index (χ1n) is 10.6. The van der Waals surface area contributed by atoms with Gasteiger partial charge in [-0.3, -0.25) is 9.59 Å². The molecular weight excluding hydrogens is 394 g/mol. The highest BCUT2D eigenvalue weighted by atomic mass is 16.5. The molecule has 31 heavy (non-hydrogen) atoms. The van der Waals surface area contributed by atoms with Crippen molar-refractivity contribution in [3.05, 3.63) is 47.5 Å². The molecule has 2 N–H and O–H groups in total. The van der Waals surface area contributed by atoms with Gasteiger partial charge in [0, 0.05) is 36.1 Å². The lowest BCUT2D eigenvalue weighted by molar-refractivity contribution is -0.118. The standard InChI is InChI=1S/C24H31N3O4/c1-6-27-10-9-16-7-8-18(13-21(16)27)25-24(29)22(15(2)3)26-23(28)17-11-19(30-4)14-20(12-17)31-5/h7-8,11-15,22H,6,9-10H2,1-5H3,(H,25,29)(H,26,28). The Morgan fingerprint density at radius 1 is 1.06 bits per heavy atom. The van der Waals surface area contributed by atoms with Crippen molar-refractivity contribution in [2.75, 3.05) is 37.5 Å². The Hall–Kier alpha value is -3.22. The first-order chi connectivity index (χ1) is 14.9. The molecule has 2 aromatic carbocycles. The number of carbonyl (C=O) groups is 2. The number of fused-ring (bicyclic) bond motifs is 1. The summed E-state index contributed by atoms with van der Waals surface area (Å²) < 4.78 is 10.5. The average Bonchev–Trinajstić information content (AvgIpc) is 3.18. The molecule has 0 spiro atoms. The van der Waals surface area contributed by atoms with Crippen LogP contribution in [0.15, 0.2) is 36.4 Å². The lowest BCUT2D eigenvalue weighted by Gasteiger charge is -2.23. The van der Waals surface area contributed by atoms with Gasteiger partial charge in [0.2, 0.25) is 5.91 Å². The van der Waals surface area contributed by atoms with Gasteiger partial charge < -0.3 is 25.0 Å². The van der Waals surface area contributed by atoms with Gasteiger partial charge in [0.25, 0.3) is 5.91 Å². The highest BCUT2D eigenvalue weighted by Crippen LogP contribution is 2.30. The van der Waals surface area contributed by atoms with E-state index in [0.717, 1.165) is 30.9 Å². The summed E-state index contributed by atoms with van der Waals surface area (Å²) >= 11 is 0. The van der Waals surface area contributed by atoms with Gasteiger partial charge >= 0.3 is 0 Å². The highest BCUT2D eigenvalue weighted by Gasteiger charge is 2.26. The zero-order valence-electron chi connectivity index (χ0n) is 18.8. The van der Waals surface area contributed by atoms with Crippen LogP contribution in [-0.4, -0.2) is 45.2 Å². The van der Waals surface area contributed by atoms with E-state index < -0.39 is 6.04 Å². The van der Waals surface area contributed by atoms with E-state index in [1.54, 1.807) is 18.2 Å². The molecule has 2 aromatic rings. The van der Waals surface area contributed by atoms with Crippen LogP contribution in [0.25, 0.3) is 0 Å². The summed E-state index contributed by atoms with van der Waals surface area (Å²) in [6.07, 6.45) is 1.02. The highest BCUT2D eigenvalue weighted by molar-refractivity contribution is 6.01. The number of anilines is 2. The normalized spacial score (nSPS) is 13.5. The first kappa shape index (κ1) is 22.5. The Morgan fingerprint density at radius 3 is 2.32 bits per heavy atom. The van der Waals surface area contributed by atoms with Crippen LogP contribution in [-0.2, 0) is 11.2 Å². The fraction of sp³-hybridized carbons (Fsp3) is 0.417. The van der Waals surface area contributed by atoms with Gasteiger partial charge in [-0.05, 0) is 49.1 Å². The molecule has 1 aliphatic rings. The molecule has 1 unspecified atom stereocenters. The van der Waals surface area contributed by atoms with E-state index in [2.05, 4.69) is 28.5 Å². The molecule has 0 fully saturated rings. The number of amides is 2. The van der Waals surface area contributed by atoms with Crippen LogP contribution in [0, 0.1) is 5.92 Å². The summed E-state index contributed by atoms with van der Waals surface area (Å²) in [6, 6.07) is 10.2. The van der Waals surface area contributed by atoms with Crippen molar-refractivity contribution in [3.63, 3.8) is 0 Å². The summed E-state index contributed by atoms with van der Waals surface area (Å²) in [5.74, 6) is 0.303. The molecule has 3 rings (SSSR count). The van der Waals surface area contributed by atoms with E-state index in [0.29, 0.717) is 17.1 Å². The smallest absolute Gasteiger partial charge is 0.252 e. The van der Waals surface area contributed by atoms with E-state index >= 15 is 0 Å². The maximum atomic E-state index is 13.0. The van der Waals surface area contributed by atoms with Crippen molar-refractivity contribution in [3.8, 4) is 11.5 Å². The molecule has 0 aliphatic carbocycles. The van der Waals surface area contributed by atoms with Crippen molar-refractivity contribution in [2.24, 2.45) is 5.92 Å². The largest absolute Gasteiger partial charge is 0.497 e. The number of hydrogen-bond donors (Lipinski definition) is 2. The molecule has 7 heteroatoms. The predicted octanol–water partition coefficient (Wildman–Crippen LogP) is 3.48. The van der Waals surface area contributed by atoms with Crippen molar-refractivity contribution in [2.45, 2.75) is 33.2 Å². The van der Waals surface area contributed by atoms with E-state index in [1.165, 1.54) is 19.8 Å². The van der Waals surface area contributed by atoms with Crippen LogP contribution in [0.2, 0.25) is 0 Å². The Bertz CT molecular complexity index is 936. The molecule has 166 valence electrons. The molecule has 0 radical (unpaired) electrons. The number of ether oxygens (including phenoxy) is 2. The molecule has 7 nitrogen and oxygen atoms in total. The van der Waals surface area contributed by atoms with Gasteiger partial charge in [-0.15, -0.1) is 0 Å². The SMILES string of the molecule is CCN1CCc2ccc(NC(=O)C(NC(=O)c3cc(OC)cc(OC)c3)C(C)C)cc21. The third-order valence-corrected chi connectivity index (χ3v) is 5.58. The van der Waals surface area contributed by atoms with Gasteiger partial charge in [-0.2, -0.15) is 0 Å². The molecule has 0 saturated carbocycles. The van der Waals surface area contributed by atoms with E-state index in [9.17, 15) is 9.59 Å². The van der Waals surface area contributed by atoms with E-state index in [1.807, 2.05) is 26.0 Å². The first-order valence-corrected chi connectivity index (χ1v) is 10.6. The number of hydrogen-bond acceptors (Lipinski definition) is 5. The van der Waals surface area contributed by atoms with Crippen LogP contribution < -0.4 is 25.0 Å². The zero-order chi connectivity index (χ0) is 22.5. The number of likely N-dealkylation sites (N-methyl/N-ethyl adjacent to an activating group) is 1. The number of rotatable bonds is 8. The third-order valence-electron chi connectivity index (χ3n) is 5.58. The number of methoxy groups -OCH3 is 2. The second kappa shape index (κ2) is 9.73. The third kappa shape index (κ3) is 5.10. The summed E-state index contributed by atoms with van der Waals surface area (Å²) in [4.78, 5) is 28.2. The molecule has 0 saturated heterocycles. The Balaban J connectivity index is 1.75. The number of benzene rings is 2. The molecule has 2 amide bonds. The maximum Gasteiger partial charge on any atom is 0.252 e. The lowest BCUT2D eigenvalue weighted by atomic mass is 10.0. The minimum atomic E-state index is -0.694. The van der Waals surface area contributed by atoms with Crippen LogP contribution in [0.3, 0.4) is 0 Å². The molecule has 1 aliphatic heterocycles. The molecule has 0 bridgehead atoms. The molecule has 1 heterocycles. The topological polar surface area (TPSA) is 79.9 Å². The molecule has 1 atom stereocenters. The Morgan fingerprint density at radius 2 is 1.74 bits per heavy atom. The predicted molar refractivity (Wildman–Crippen MR) is 122 cm³/mol. The number of nitrogens with zero attached hydrogens (tertiary/aromatic N) is 1. The molecular formula is C24H31N3O4. The van der Waals surface area contributed by atoms with Crippen molar-refractivity contribution >= 4 is 23.2 Å². The van der Waals surface area contributed by atoms with E-state index in [-0.39, 0.29) is 17.7 Å². The van der Waals surface area contributed by atoms with Crippen molar-refractivity contribution in [1.29, 1.82) is 0 Å². The van der Waals surface area contributed by atoms with Crippen molar-refractivity contribution < 1.29 is 19.1 Å². The van der Waals surface area contributed by atoms with Crippen LogP contribution in [0.4, 0.5) is 11.4 Å². The average molecular weight is 426 g/mol. The summed E-state index contributed by atoms with van der Waals surface area (Å²) in [7, 11) is 3.05. The minimum absolute atomic E-state index is 0.0991. The van der Waals surface area contributed by atoms with Gasteiger partial charge in [-0.1, -0.05) is 19.9 Å². The minimum Gasteiger partial charge on any atom is -0.497 e. The summed E-state index contributed by atoms with van der Waals surface area (Å²) in [5, 5.41) is 5.83. The zero-order valence-corrected chi connectivity index (χ0v) is 18.8. The van der Waals surface area contributed by atoms with Gasteiger partial charge in [0.05, 0.1) is 14.2 Å². The van der Waals surface area contributed by atoms with Crippen LogP contribution >= 0.6 is 0 Å². The van der Waals surface area contributed by atoms with E-state index in [4.69, 9.17) is 9.47 Å².